The SMILES string of the molecule is CCCCC[Si](F)(F)CCCCCC[Si](F)(F)CCCCC. The molecule has 0 saturated carbocycles. The third kappa shape index (κ3) is 13.8. The van der Waals surface area contributed by atoms with E-state index in [1.165, 1.54) is 0 Å². The van der Waals surface area contributed by atoms with Gasteiger partial charge < -0.3 is 0 Å². The highest BCUT2D eigenvalue weighted by Gasteiger charge is 2.34. The van der Waals surface area contributed by atoms with Crippen molar-refractivity contribution in [3.8, 4) is 0 Å². The van der Waals surface area contributed by atoms with Crippen molar-refractivity contribution in [2.75, 3.05) is 0 Å². The van der Waals surface area contributed by atoms with E-state index in [1.54, 1.807) is 0 Å². The van der Waals surface area contributed by atoms with Crippen LogP contribution in [0.25, 0.3) is 0 Å². The van der Waals surface area contributed by atoms with Gasteiger partial charge in [-0.3, -0.25) is 16.4 Å². The molecule has 0 aliphatic carbocycles. The van der Waals surface area contributed by atoms with Crippen molar-refractivity contribution in [1.82, 2.24) is 0 Å². The first kappa shape index (κ1) is 22.2. The lowest BCUT2D eigenvalue weighted by Crippen LogP contribution is -2.22. The Labute approximate surface area is 136 Å². The number of rotatable bonds is 15. The van der Waals surface area contributed by atoms with E-state index in [1.807, 2.05) is 13.8 Å². The second-order valence-corrected chi connectivity index (χ2v) is 12.0. The standard InChI is InChI=1S/C16H34F4Si2/c1-3-5-9-13-21(17,18)15-11-7-8-12-16-22(19,20)14-10-6-4-2/h3-16H2,1-2H3. The van der Waals surface area contributed by atoms with Crippen LogP contribution in [0.15, 0.2) is 0 Å². The van der Waals surface area contributed by atoms with Crippen LogP contribution in [0.3, 0.4) is 0 Å². The van der Waals surface area contributed by atoms with Gasteiger partial charge >= 0.3 is 17.5 Å². The number of hydrogen-bond donors (Lipinski definition) is 0. The molecule has 22 heavy (non-hydrogen) atoms. The molecule has 0 aliphatic rings. The minimum Gasteiger partial charge on any atom is -0.270 e. The van der Waals surface area contributed by atoms with Crippen LogP contribution >= 0.6 is 0 Å². The van der Waals surface area contributed by atoms with Crippen molar-refractivity contribution in [3.63, 3.8) is 0 Å². The zero-order valence-electron chi connectivity index (χ0n) is 14.4. The summed E-state index contributed by atoms with van der Waals surface area (Å²) in [6.45, 7) is 4.03. The van der Waals surface area contributed by atoms with Gasteiger partial charge in [-0.25, -0.2) is 0 Å². The molecule has 0 atom stereocenters. The molecule has 0 radical (unpaired) electrons. The fourth-order valence-electron chi connectivity index (χ4n) is 2.64. The van der Waals surface area contributed by atoms with Gasteiger partial charge in [0.15, 0.2) is 0 Å². The number of hydrogen-bond acceptors (Lipinski definition) is 0. The van der Waals surface area contributed by atoms with Crippen LogP contribution in [0.5, 0.6) is 0 Å². The van der Waals surface area contributed by atoms with Crippen LogP contribution in [0.4, 0.5) is 16.4 Å². The molecule has 0 fully saturated rings. The van der Waals surface area contributed by atoms with Gasteiger partial charge in [-0.2, -0.15) is 0 Å². The molecule has 0 aliphatic heterocycles. The maximum Gasteiger partial charge on any atom is 0.425 e. The van der Waals surface area contributed by atoms with E-state index < -0.39 is 17.5 Å². The third-order valence-electron chi connectivity index (χ3n) is 4.13. The summed E-state index contributed by atoms with van der Waals surface area (Å²) in [5, 5.41) is 0. The molecule has 0 amide bonds. The van der Waals surface area contributed by atoms with Crippen LogP contribution in [-0.2, 0) is 0 Å². The van der Waals surface area contributed by atoms with E-state index in [0.29, 0.717) is 38.5 Å². The van der Waals surface area contributed by atoms with Gasteiger partial charge in [-0.05, 0) is 24.2 Å². The summed E-state index contributed by atoms with van der Waals surface area (Å²) >= 11 is 0. The van der Waals surface area contributed by atoms with E-state index >= 15 is 0 Å². The summed E-state index contributed by atoms with van der Waals surface area (Å²) in [5.41, 5.74) is 0. The predicted octanol–water partition coefficient (Wildman–Crippen LogP) is 7.69. The lowest BCUT2D eigenvalue weighted by molar-refractivity contribution is 0.540. The molecule has 0 aromatic carbocycles. The van der Waals surface area contributed by atoms with Gasteiger partial charge in [0.1, 0.15) is 0 Å². The van der Waals surface area contributed by atoms with Gasteiger partial charge in [-0.15, -0.1) is 0 Å². The molecule has 0 aromatic rings. The van der Waals surface area contributed by atoms with Gasteiger partial charge in [-0.1, -0.05) is 78.1 Å². The summed E-state index contributed by atoms with van der Waals surface area (Å²) in [5.74, 6) is 0. The molecule has 0 nitrogen and oxygen atoms in total. The smallest absolute Gasteiger partial charge is 0.270 e. The van der Waals surface area contributed by atoms with Gasteiger partial charge in [0, 0.05) is 0 Å². The quantitative estimate of drug-likeness (QED) is 0.122. The summed E-state index contributed by atoms with van der Waals surface area (Å²) in [6.07, 6.45) is 7.44. The molecule has 0 aromatic heterocycles. The van der Waals surface area contributed by atoms with Crippen LogP contribution in [-0.4, -0.2) is 17.5 Å². The van der Waals surface area contributed by atoms with Crippen molar-refractivity contribution in [3.05, 3.63) is 0 Å². The van der Waals surface area contributed by atoms with Crippen molar-refractivity contribution in [1.29, 1.82) is 0 Å². The first-order valence-electron chi connectivity index (χ1n) is 9.08. The van der Waals surface area contributed by atoms with Gasteiger partial charge in [0.25, 0.3) is 0 Å². The first-order valence-corrected chi connectivity index (χ1v) is 13.4. The largest absolute Gasteiger partial charge is 0.425 e. The van der Waals surface area contributed by atoms with E-state index in [-0.39, 0.29) is 24.2 Å². The average Bonchev–Trinajstić information content (AvgIpc) is 2.43. The summed E-state index contributed by atoms with van der Waals surface area (Å²) in [4.78, 5) is 0. The molecule has 0 spiro atoms. The van der Waals surface area contributed by atoms with E-state index in [0.717, 1.165) is 25.7 Å². The minimum absolute atomic E-state index is 0.0566. The molecule has 0 unspecified atom stereocenters. The van der Waals surface area contributed by atoms with Crippen LogP contribution in [0.2, 0.25) is 24.2 Å². The summed E-state index contributed by atoms with van der Waals surface area (Å²) in [7, 11) is -8.00. The third-order valence-corrected chi connectivity index (χ3v) is 8.47. The molecule has 0 heterocycles. The fraction of sp³-hybridized carbons (Fsp3) is 1.00. The maximum atomic E-state index is 13.6. The van der Waals surface area contributed by atoms with E-state index in [4.69, 9.17) is 0 Å². The predicted molar refractivity (Wildman–Crippen MR) is 92.7 cm³/mol. The Hall–Kier alpha value is 0.154. The highest BCUT2D eigenvalue weighted by Crippen LogP contribution is 2.27. The molecular weight excluding hydrogens is 324 g/mol. The van der Waals surface area contributed by atoms with Crippen molar-refractivity contribution in [2.24, 2.45) is 0 Å². The molecule has 0 rings (SSSR count). The lowest BCUT2D eigenvalue weighted by atomic mass is 10.2. The minimum atomic E-state index is -4.00. The van der Waals surface area contributed by atoms with Gasteiger partial charge in [0.05, 0.1) is 0 Å². The highest BCUT2D eigenvalue weighted by molar-refractivity contribution is 6.66. The number of unbranched alkanes of at least 4 members (excludes halogenated alkanes) is 7. The summed E-state index contributed by atoms with van der Waals surface area (Å²) < 4.78 is 54.6. The van der Waals surface area contributed by atoms with E-state index in [2.05, 4.69) is 0 Å². The molecule has 0 N–H and O–H groups in total. The molecular formula is C16H34F4Si2. The number of halogens is 4. The summed E-state index contributed by atoms with van der Waals surface area (Å²) in [6, 6.07) is 0.342. The molecule has 134 valence electrons. The Morgan fingerprint density at radius 2 is 0.727 bits per heavy atom. The Balaban J connectivity index is 3.59. The van der Waals surface area contributed by atoms with Crippen molar-refractivity contribution >= 4 is 17.5 Å². The van der Waals surface area contributed by atoms with Crippen LogP contribution in [0.1, 0.15) is 78.1 Å². The van der Waals surface area contributed by atoms with Crippen molar-refractivity contribution < 1.29 is 16.4 Å². The Morgan fingerprint density at radius 1 is 0.455 bits per heavy atom. The lowest BCUT2D eigenvalue weighted by Gasteiger charge is -2.14. The van der Waals surface area contributed by atoms with Crippen LogP contribution < -0.4 is 0 Å². The van der Waals surface area contributed by atoms with Crippen LogP contribution in [0, 0.1) is 0 Å². The molecule has 6 heteroatoms. The second kappa shape index (κ2) is 12.6. The topological polar surface area (TPSA) is 0 Å². The van der Waals surface area contributed by atoms with E-state index in [9.17, 15) is 16.4 Å². The Kier molecular flexibility index (Phi) is 12.6. The zero-order chi connectivity index (χ0) is 16.9. The fourth-order valence-corrected chi connectivity index (χ4v) is 6.21. The van der Waals surface area contributed by atoms with Gasteiger partial charge in [0.2, 0.25) is 0 Å². The first-order chi connectivity index (χ1) is 10.3. The molecule has 0 bridgehead atoms. The monoisotopic (exact) mass is 358 g/mol. The maximum absolute atomic E-state index is 13.6. The second-order valence-electron chi connectivity index (χ2n) is 6.54. The molecule has 0 saturated heterocycles. The Bertz CT molecular complexity index is 235. The normalized spacial score (nSPS) is 12.8. The Morgan fingerprint density at radius 3 is 1.00 bits per heavy atom. The van der Waals surface area contributed by atoms with Crippen molar-refractivity contribution in [2.45, 2.75) is 102 Å². The average molecular weight is 359 g/mol. The zero-order valence-corrected chi connectivity index (χ0v) is 16.4. The highest BCUT2D eigenvalue weighted by atomic mass is 28.4.